The van der Waals surface area contributed by atoms with Crippen LogP contribution in [0.2, 0.25) is 0 Å². The van der Waals surface area contributed by atoms with Gasteiger partial charge in [0.05, 0.1) is 5.75 Å². The molecule has 0 aromatic rings. The Labute approximate surface area is 149 Å². The zero-order chi connectivity index (χ0) is 12.4. The van der Waals surface area contributed by atoms with Crippen LogP contribution in [0.25, 0.3) is 0 Å². The Bertz CT molecular complexity index is 257. The Morgan fingerprint density at radius 2 is 1.53 bits per heavy atom. The van der Waals surface area contributed by atoms with Crippen molar-refractivity contribution in [2.75, 3.05) is 25.9 Å². The second-order valence-corrected chi connectivity index (χ2v) is 5.93. The number of rotatable bonds is 10. The van der Waals surface area contributed by atoms with Crippen LogP contribution in [0.15, 0.2) is 0 Å². The third kappa shape index (κ3) is 17.5. The fourth-order valence-electron chi connectivity index (χ4n) is 1.55. The predicted molar refractivity (Wildman–Crippen MR) is 74.4 cm³/mol. The molecule has 0 aliphatic carbocycles. The molecule has 0 saturated heterocycles. The molecule has 100 valence electrons. The summed E-state index contributed by atoms with van der Waals surface area (Å²) < 4.78 is 29.6. The van der Waals surface area contributed by atoms with Crippen LogP contribution in [0, 0.1) is 0 Å². The van der Waals surface area contributed by atoms with Gasteiger partial charge in [-0.15, -0.1) is 0 Å². The van der Waals surface area contributed by atoms with E-state index < -0.39 is 10.1 Å². The van der Waals surface area contributed by atoms with Gasteiger partial charge in [0.25, 0.3) is 10.1 Å². The van der Waals surface area contributed by atoms with Crippen LogP contribution in [0.5, 0.6) is 0 Å². The van der Waals surface area contributed by atoms with E-state index in [-0.39, 0.29) is 57.1 Å². The summed E-state index contributed by atoms with van der Waals surface area (Å²) >= 11 is 0. The Morgan fingerprint density at radius 3 is 2.06 bits per heavy atom. The Balaban J connectivity index is 0. The van der Waals surface area contributed by atoms with Crippen molar-refractivity contribution in [3.8, 4) is 0 Å². The van der Waals surface area contributed by atoms with Gasteiger partial charge in [0, 0.05) is 6.54 Å². The molecule has 1 N–H and O–H groups in total. The Kier molecular flexibility index (Phi) is 15.3. The van der Waals surface area contributed by atoms with Crippen molar-refractivity contribution in [3.05, 3.63) is 0 Å². The van der Waals surface area contributed by atoms with E-state index in [1.165, 1.54) is 32.1 Å². The second kappa shape index (κ2) is 12.5. The third-order valence-electron chi connectivity index (χ3n) is 2.62. The van der Waals surface area contributed by atoms with E-state index in [2.05, 4.69) is 6.92 Å². The van der Waals surface area contributed by atoms with E-state index in [9.17, 15) is 8.42 Å². The van der Waals surface area contributed by atoms with Crippen molar-refractivity contribution in [2.45, 2.75) is 45.4 Å². The summed E-state index contributed by atoms with van der Waals surface area (Å²) in [7, 11) is -1.92. The van der Waals surface area contributed by atoms with Gasteiger partial charge in [-0.05, 0) is 20.0 Å². The zero-order valence-corrected chi connectivity index (χ0v) is 11.3. The molecule has 0 saturated carbocycles. The molecule has 0 rings (SSSR count). The summed E-state index contributed by atoms with van der Waals surface area (Å²) in [5.41, 5.74) is 0. The van der Waals surface area contributed by atoms with Crippen molar-refractivity contribution in [2.24, 2.45) is 0 Å². The quantitative estimate of drug-likeness (QED) is 0.377. The fourth-order valence-corrected chi connectivity index (χ4v) is 2.09. The van der Waals surface area contributed by atoms with Crippen LogP contribution in [0.3, 0.4) is 0 Å². The molecule has 0 heterocycles. The average molecular weight is 291 g/mol. The summed E-state index contributed by atoms with van der Waals surface area (Å²) in [5, 5.41) is 0. The molecule has 0 aliphatic heterocycles. The molecule has 6 heteroatoms. The number of nitrogens with zero attached hydrogens (tertiary/aromatic N) is 1. The third-order valence-corrected chi connectivity index (χ3v) is 3.32. The molecule has 17 heavy (non-hydrogen) atoms. The molecule has 0 atom stereocenters. The van der Waals surface area contributed by atoms with Gasteiger partial charge in [-0.2, -0.15) is 8.42 Å². The predicted octanol–water partition coefficient (Wildman–Crippen LogP) is 1.52. The molecule has 0 aromatic heterocycles. The van der Waals surface area contributed by atoms with E-state index >= 15 is 0 Å². The minimum atomic E-state index is -3.80. The molecule has 0 radical (unpaired) electrons. The Morgan fingerprint density at radius 1 is 1.00 bits per heavy atom. The van der Waals surface area contributed by atoms with Gasteiger partial charge in [-0.3, -0.25) is 4.55 Å². The average Bonchev–Trinajstić information content (AvgIpc) is 2.19. The van der Waals surface area contributed by atoms with E-state index in [0.717, 1.165) is 13.0 Å². The molecule has 0 aliphatic rings. The number of unbranched alkanes of at least 4 members (excludes halogenated alkanes) is 5. The van der Waals surface area contributed by atoms with Gasteiger partial charge in [-0.25, -0.2) is 0 Å². The number of hydrogen-bond acceptors (Lipinski definition) is 3. The first-order chi connectivity index (χ1) is 7.45. The van der Waals surface area contributed by atoms with Crippen molar-refractivity contribution in [3.63, 3.8) is 0 Å². The molecular formula is C11H26KNO3S. The Hall–Kier alpha value is 1.51. The summed E-state index contributed by atoms with van der Waals surface area (Å²) in [4.78, 5) is 1.95. The van der Waals surface area contributed by atoms with Crippen molar-refractivity contribution >= 4 is 61.5 Å². The standard InChI is InChI=1S/C11H25NO3S.K.H/c1-3-4-5-6-7-8-9-12(2)10-11-16(13,14)15;;/h3-11H2,1-2H3,(H,13,14,15);;. The molecular weight excluding hydrogens is 265 g/mol. The van der Waals surface area contributed by atoms with Crippen molar-refractivity contribution in [1.29, 1.82) is 0 Å². The molecule has 4 nitrogen and oxygen atoms in total. The molecule has 0 spiro atoms. The molecule has 0 unspecified atom stereocenters. The minimum absolute atomic E-state index is 0. The summed E-state index contributed by atoms with van der Waals surface area (Å²) in [5.74, 6) is -0.167. The first kappa shape index (κ1) is 20.8. The van der Waals surface area contributed by atoms with E-state index in [1.807, 2.05) is 11.9 Å². The van der Waals surface area contributed by atoms with E-state index in [1.54, 1.807) is 0 Å². The van der Waals surface area contributed by atoms with Gasteiger partial charge >= 0.3 is 51.4 Å². The first-order valence-corrected chi connectivity index (χ1v) is 7.70. The molecule has 0 amide bonds. The molecule has 0 aromatic carbocycles. The summed E-state index contributed by atoms with van der Waals surface area (Å²) in [6, 6.07) is 0. The summed E-state index contributed by atoms with van der Waals surface area (Å²) in [6.45, 7) is 3.51. The monoisotopic (exact) mass is 291 g/mol. The molecule has 0 fully saturated rings. The van der Waals surface area contributed by atoms with Gasteiger partial charge in [0.1, 0.15) is 0 Å². The summed E-state index contributed by atoms with van der Waals surface area (Å²) in [6.07, 6.45) is 7.43. The van der Waals surface area contributed by atoms with Crippen LogP contribution in [-0.2, 0) is 10.1 Å². The normalized spacial score (nSPS) is 11.5. The van der Waals surface area contributed by atoms with Gasteiger partial charge in [0.15, 0.2) is 0 Å². The van der Waals surface area contributed by atoms with E-state index in [0.29, 0.717) is 6.54 Å². The van der Waals surface area contributed by atoms with Gasteiger partial charge in [-0.1, -0.05) is 39.0 Å². The second-order valence-electron chi connectivity index (χ2n) is 4.36. The topological polar surface area (TPSA) is 57.6 Å². The zero-order valence-electron chi connectivity index (χ0n) is 10.5. The van der Waals surface area contributed by atoms with Crippen LogP contribution >= 0.6 is 0 Å². The van der Waals surface area contributed by atoms with Gasteiger partial charge < -0.3 is 4.90 Å². The van der Waals surface area contributed by atoms with Crippen molar-refractivity contribution in [1.82, 2.24) is 4.90 Å². The number of hydrogen-bond donors (Lipinski definition) is 1. The van der Waals surface area contributed by atoms with Crippen LogP contribution in [0.4, 0.5) is 0 Å². The molecule has 0 bridgehead atoms. The van der Waals surface area contributed by atoms with Crippen LogP contribution in [0.1, 0.15) is 45.4 Å². The fraction of sp³-hybridized carbons (Fsp3) is 1.00. The van der Waals surface area contributed by atoms with Gasteiger partial charge in [0.2, 0.25) is 0 Å². The van der Waals surface area contributed by atoms with E-state index in [4.69, 9.17) is 4.55 Å². The van der Waals surface area contributed by atoms with Crippen LogP contribution in [-0.4, -0.2) is 95.1 Å². The first-order valence-electron chi connectivity index (χ1n) is 6.09. The van der Waals surface area contributed by atoms with Crippen molar-refractivity contribution < 1.29 is 13.0 Å². The SMILES string of the molecule is CCCCCCCCN(C)CCS(=O)(=O)O.[KH]. The maximum atomic E-state index is 10.5. The van der Waals surface area contributed by atoms with Crippen LogP contribution < -0.4 is 0 Å². The maximum absolute atomic E-state index is 10.5.